The van der Waals surface area contributed by atoms with Gasteiger partial charge in [-0.05, 0) is 46.6 Å². The van der Waals surface area contributed by atoms with Crippen LogP contribution < -0.4 is 5.32 Å². The Morgan fingerprint density at radius 3 is 2.90 bits per heavy atom. The second-order valence-corrected chi connectivity index (χ2v) is 5.41. The Morgan fingerprint density at radius 2 is 2.05 bits per heavy atom. The molecule has 0 fully saturated rings. The molecule has 0 spiro atoms. The number of benzene rings is 2. The Morgan fingerprint density at radius 1 is 1.25 bits per heavy atom. The number of H-pyrrole nitrogens is 1. The average Bonchev–Trinajstić information content (AvgIpc) is 2.87. The molecular weight excluding hydrogens is 318 g/mol. The molecule has 2 aromatic carbocycles. The maximum absolute atomic E-state index is 12.3. The molecule has 5 heteroatoms. The predicted molar refractivity (Wildman–Crippen MR) is 82.9 cm³/mol. The number of aryl methyl sites for hydroxylation is 1. The number of fused-ring (bicyclic) bond motifs is 1. The fraction of sp³-hybridized carbons (Fsp3) is 0.0667. The third-order valence-corrected chi connectivity index (χ3v) is 3.75. The molecule has 0 aliphatic heterocycles. The van der Waals surface area contributed by atoms with E-state index >= 15 is 0 Å². The van der Waals surface area contributed by atoms with Crippen LogP contribution >= 0.6 is 15.9 Å². The first-order valence-corrected chi connectivity index (χ1v) is 6.95. The van der Waals surface area contributed by atoms with Crippen molar-refractivity contribution in [3.63, 3.8) is 0 Å². The molecule has 1 heterocycles. The first-order chi connectivity index (χ1) is 9.65. The number of nitrogens with zero attached hydrogens (tertiary/aromatic N) is 1. The van der Waals surface area contributed by atoms with Gasteiger partial charge >= 0.3 is 0 Å². The summed E-state index contributed by atoms with van der Waals surface area (Å²) in [5.74, 6) is -0.228. The van der Waals surface area contributed by atoms with Crippen LogP contribution in [-0.4, -0.2) is 16.1 Å². The van der Waals surface area contributed by atoms with Gasteiger partial charge < -0.3 is 5.32 Å². The Bertz CT molecular complexity index is 795. The fourth-order valence-electron chi connectivity index (χ4n) is 2.05. The van der Waals surface area contributed by atoms with Gasteiger partial charge in [0, 0.05) is 9.86 Å². The number of halogens is 1. The highest BCUT2D eigenvalue weighted by Gasteiger charge is 2.14. The molecule has 0 radical (unpaired) electrons. The topological polar surface area (TPSA) is 57.8 Å². The van der Waals surface area contributed by atoms with E-state index in [9.17, 15) is 4.79 Å². The second-order valence-electron chi connectivity index (χ2n) is 4.56. The minimum atomic E-state index is -0.228. The number of carbonyl (C=O) groups is 1. The zero-order chi connectivity index (χ0) is 14.1. The number of aromatic amines is 1. The third-order valence-electron chi connectivity index (χ3n) is 3.06. The Kier molecular flexibility index (Phi) is 3.28. The Balaban J connectivity index is 1.95. The molecule has 2 N–H and O–H groups in total. The van der Waals surface area contributed by atoms with E-state index in [1.54, 1.807) is 0 Å². The lowest BCUT2D eigenvalue weighted by Gasteiger charge is -2.07. The minimum absolute atomic E-state index is 0.228. The first kappa shape index (κ1) is 12.9. The molecular formula is C15H12BrN3O. The minimum Gasteiger partial charge on any atom is -0.320 e. The number of nitrogens with one attached hydrogen (secondary N) is 2. The van der Waals surface area contributed by atoms with Crippen LogP contribution in [0.2, 0.25) is 0 Å². The van der Waals surface area contributed by atoms with E-state index in [4.69, 9.17) is 0 Å². The molecule has 0 aliphatic carbocycles. The summed E-state index contributed by atoms with van der Waals surface area (Å²) >= 11 is 3.43. The van der Waals surface area contributed by atoms with Crippen LogP contribution in [0.3, 0.4) is 0 Å². The summed E-state index contributed by atoms with van der Waals surface area (Å²) in [5, 5.41) is 10.6. The van der Waals surface area contributed by atoms with Crippen LogP contribution in [0.4, 0.5) is 5.69 Å². The van der Waals surface area contributed by atoms with Gasteiger partial charge in [0.05, 0.1) is 11.2 Å². The van der Waals surface area contributed by atoms with Crippen molar-refractivity contribution in [1.82, 2.24) is 10.2 Å². The maximum atomic E-state index is 12.3. The van der Waals surface area contributed by atoms with Gasteiger partial charge in [0.1, 0.15) is 0 Å². The van der Waals surface area contributed by atoms with E-state index in [2.05, 4.69) is 31.4 Å². The highest BCUT2D eigenvalue weighted by atomic mass is 79.9. The van der Waals surface area contributed by atoms with Crippen LogP contribution in [0.5, 0.6) is 0 Å². The number of carbonyl (C=O) groups excluding carboxylic acids is 1. The van der Waals surface area contributed by atoms with E-state index in [1.807, 2.05) is 49.4 Å². The van der Waals surface area contributed by atoms with Crippen molar-refractivity contribution in [3.05, 3.63) is 58.2 Å². The number of anilines is 1. The molecule has 0 saturated heterocycles. The molecule has 4 nitrogen and oxygen atoms in total. The highest BCUT2D eigenvalue weighted by molar-refractivity contribution is 9.10. The number of hydrogen-bond acceptors (Lipinski definition) is 2. The molecule has 20 heavy (non-hydrogen) atoms. The van der Waals surface area contributed by atoms with Crippen LogP contribution in [0, 0.1) is 6.92 Å². The van der Waals surface area contributed by atoms with Crippen molar-refractivity contribution < 1.29 is 4.79 Å². The monoisotopic (exact) mass is 329 g/mol. The molecule has 0 unspecified atom stereocenters. The fourth-order valence-corrected chi connectivity index (χ4v) is 2.40. The van der Waals surface area contributed by atoms with Crippen molar-refractivity contribution in [1.29, 1.82) is 0 Å². The Hall–Kier alpha value is -2.14. The lowest BCUT2D eigenvalue weighted by Crippen LogP contribution is -2.13. The van der Waals surface area contributed by atoms with Crippen molar-refractivity contribution in [2.24, 2.45) is 0 Å². The van der Waals surface area contributed by atoms with Crippen LogP contribution in [0.15, 0.2) is 46.9 Å². The maximum Gasteiger partial charge on any atom is 0.276 e. The van der Waals surface area contributed by atoms with E-state index in [0.717, 1.165) is 26.6 Å². The molecule has 0 atom stereocenters. The van der Waals surface area contributed by atoms with Crippen LogP contribution in [-0.2, 0) is 0 Å². The molecule has 1 amide bonds. The quantitative estimate of drug-likeness (QED) is 0.749. The van der Waals surface area contributed by atoms with Crippen LogP contribution in [0.1, 0.15) is 16.1 Å². The SMILES string of the molecule is Cc1ccc(Br)c(NC(=O)c2n[nH]c3ccccc23)c1. The van der Waals surface area contributed by atoms with Gasteiger partial charge in [0.25, 0.3) is 5.91 Å². The second kappa shape index (κ2) is 5.09. The summed E-state index contributed by atoms with van der Waals surface area (Å²) in [6, 6.07) is 13.4. The highest BCUT2D eigenvalue weighted by Crippen LogP contribution is 2.24. The third kappa shape index (κ3) is 2.32. The van der Waals surface area contributed by atoms with Gasteiger partial charge in [-0.3, -0.25) is 9.89 Å². The summed E-state index contributed by atoms with van der Waals surface area (Å²) in [5.41, 5.74) is 3.06. The largest absolute Gasteiger partial charge is 0.320 e. The zero-order valence-electron chi connectivity index (χ0n) is 10.8. The molecule has 0 saturated carbocycles. The molecule has 0 bridgehead atoms. The summed E-state index contributed by atoms with van der Waals surface area (Å²) in [7, 11) is 0. The molecule has 100 valence electrons. The Labute approximate surface area is 124 Å². The average molecular weight is 330 g/mol. The van der Waals surface area contributed by atoms with Crippen LogP contribution in [0.25, 0.3) is 10.9 Å². The van der Waals surface area contributed by atoms with Gasteiger partial charge in [-0.25, -0.2) is 0 Å². The van der Waals surface area contributed by atoms with Crippen molar-refractivity contribution in [2.75, 3.05) is 5.32 Å². The van der Waals surface area contributed by atoms with E-state index in [0.29, 0.717) is 5.69 Å². The molecule has 3 aromatic rings. The normalized spacial score (nSPS) is 10.7. The number of hydrogen-bond donors (Lipinski definition) is 2. The van der Waals surface area contributed by atoms with E-state index in [-0.39, 0.29) is 5.91 Å². The van der Waals surface area contributed by atoms with Gasteiger partial charge in [0.2, 0.25) is 0 Å². The summed E-state index contributed by atoms with van der Waals surface area (Å²) in [6.45, 7) is 1.98. The summed E-state index contributed by atoms with van der Waals surface area (Å²) < 4.78 is 0.844. The first-order valence-electron chi connectivity index (χ1n) is 6.16. The zero-order valence-corrected chi connectivity index (χ0v) is 12.4. The van der Waals surface area contributed by atoms with E-state index in [1.165, 1.54) is 0 Å². The van der Waals surface area contributed by atoms with Gasteiger partial charge in [-0.15, -0.1) is 0 Å². The summed E-state index contributed by atoms with van der Waals surface area (Å²) in [4.78, 5) is 12.3. The molecule has 0 aliphatic rings. The van der Waals surface area contributed by atoms with Gasteiger partial charge in [0.15, 0.2) is 5.69 Å². The van der Waals surface area contributed by atoms with Crippen molar-refractivity contribution in [2.45, 2.75) is 6.92 Å². The summed E-state index contributed by atoms with van der Waals surface area (Å²) in [6.07, 6.45) is 0. The standard InChI is InChI=1S/C15H12BrN3O/c1-9-6-7-11(16)13(8-9)17-15(20)14-10-4-2-3-5-12(10)18-19-14/h2-8H,1H3,(H,17,20)(H,18,19). The molecule has 3 rings (SSSR count). The van der Waals surface area contributed by atoms with E-state index < -0.39 is 0 Å². The van der Waals surface area contributed by atoms with Gasteiger partial charge in [-0.1, -0.05) is 24.3 Å². The van der Waals surface area contributed by atoms with Crippen molar-refractivity contribution in [3.8, 4) is 0 Å². The lowest BCUT2D eigenvalue weighted by molar-refractivity contribution is 0.102. The number of aromatic nitrogens is 2. The molecule has 1 aromatic heterocycles. The number of rotatable bonds is 2. The van der Waals surface area contributed by atoms with Crippen molar-refractivity contribution >= 4 is 38.4 Å². The predicted octanol–water partition coefficient (Wildman–Crippen LogP) is 3.89. The number of para-hydroxylation sites is 1. The van der Waals surface area contributed by atoms with Gasteiger partial charge in [-0.2, -0.15) is 5.10 Å². The number of amides is 1. The smallest absolute Gasteiger partial charge is 0.276 e. The lowest BCUT2D eigenvalue weighted by atomic mass is 10.2.